The van der Waals surface area contributed by atoms with Crippen molar-refractivity contribution in [3.63, 3.8) is 0 Å². The predicted octanol–water partition coefficient (Wildman–Crippen LogP) is 3.71. The van der Waals surface area contributed by atoms with Crippen molar-refractivity contribution in [3.8, 4) is 12.3 Å². The molecule has 0 bridgehead atoms. The van der Waals surface area contributed by atoms with E-state index in [9.17, 15) is 9.18 Å². The van der Waals surface area contributed by atoms with Crippen molar-refractivity contribution < 1.29 is 13.9 Å². The third-order valence-electron chi connectivity index (χ3n) is 3.16. The molecular weight excluding hydrogens is 269 g/mol. The highest BCUT2D eigenvalue weighted by Gasteiger charge is 2.35. The number of terminal acetylenes is 1. The molecule has 0 saturated heterocycles. The van der Waals surface area contributed by atoms with Gasteiger partial charge in [0.1, 0.15) is 11.4 Å². The van der Waals surface area contributed by atoms with Crippen LogP contribution in [0, 0.1) is 18.2 Å². The summed E-state index contributed by atoms with van der Waals surface area (Å²) in [5.74, 6) is 1.85. The first-order valence-electron chi connectivity index (χ1n) is 7.05. The van der Waals surface area contributed by atoms with E-state index in [1.807, 2.05) is 20.8 Å². The Morgan fingerprint density at radius 3 is 2.62 bits per heavy atom. The fourth-order valence-electron chi connectivity index (χ4n) is 2.02. The fraction of sp³-hybridized carbons (Fsp3) is 0.471. The van der Waals surface area contributed by atoms with Crippen LogP contribution in [0.15, 0.2) is 18.2 Å². The van der Waals surface area contributed by atoms with Crippen LogP contribution in [0.4, 0.5) is 9.18 Å². The summed E-state index contributed by atoms with van der Waals surface area (Å²) in [6.07, 6.45) is 6.77. The highest BCUT2D eigenvalue weighted by atomic mass is 19.1. The van der Waals surface area contributed by atoms with Gasteiger partial charge >= 0.3 is 6.09 Å². The number of hydrogen-bond acceptors (Lipinski definition) is 2. The first kappa shape index (κ1) is 15.4. The highest BCUT2D eigenvalue weighted by Crippen LogP contribution is 2.30. The van der Waals surface area contributed by atoms with Crippen LogP contribution in [-0.2, 0) is 11.3 Å². The van der Waals surface area contributed by atoms with E-state index in [1.165, 1.54) is 6.07 Å². The number of carbonyl (C=O) groups is 1. The Labute approximate surface area is 125 Å². The Bertz CT molecular complexity index is 579. The molecule has 1 aliphatic carbocycles. The first-order chi connectivity index (χ1) is 9.80. The second-order valence-electron chi connectivity index (χ2n) is 6.30. The van der Waals surface area contributed by atoms with Crippen molar-refractivity contribution in [3.05, 3.63) is 35.1 Å². The molecule has 1 aliphatic rings. The Morgan fingerprint density at radius 1 is 1.48 bits per heavy atom. The maximum absolute atomic E-state index is 13.7. The van der Waals surface area contributed by atoms with Gasteiger partial charge in [-0.25, -0.2) is 9.18 Å². The monoisotopic (exact) mass is 289 g/mol. The molecule has 0 unspecified atom stereocenters. The smallest absolute Gasteiger partial charge is 0.410 e. The largest absolute Gasteiger partial charge is 0.444 e. The van der Waals surface area contributed by atoms with Gasteiger partial charge in [-0.05, 0) is 51.3 Å². The highest BCUT2D eigenvalue weighted by molar-refractivity contribution is 5.69. The zero-order valence-electron chi connectivity index (χ0n) is 12.6. The number of rotatable bonds is 3. The summed E-state index contributed by atoms with van der Waals surface area (Å²) in [7, 11) is 0. The van der Waals surface area contributed by atoms with Gasteiger partial charge in [0.05, 0.1) is 5.56 Å². The normalized spacial score (nSPS) is 14.4. The Morgan fingerprint density at radius 2 is 2.14 bits per heavy atom. The molecule has 21 heavy (non-hydrogen) atoms. The molecule has 1 saturated carbocycles. The second kappa shape index (κ2) is 5.77. The zero-order valence-corrected chi connectivity index (χ0v) is 12.6. The minimum atomic E-state index is -0.539. The van der Waals surface area contributed by atoms with Crippen molar-refractivity contribution in [2.24, 2.45) is 0 Å². The van der Waals surface area contributed by atoms with Crippen molar-refractivity contribution in [2.75, 3.05) is 0 Å². The number of halogens is 1. The van der Waals surface area contributed by atoms with Crippen LogP contribution in [0.1, 0.15) is 44.7 Å². The van der Waals surface area contributed by atoms with Crippen LogP contribution in [0.3, 0.4) is 0 Å². The predicted molar refractivity (Wildman–Crippen MR) is 79.1 cm³/mol. The number of hydrogen-bond donors (Lipinski definition) is 0. The van der Waals surface area contributed by atoms with Gasteiger partial charge in [-0.15, -0.1) is 6.42 Å². The van der Waals surface area contributed by atoms with Gasteiger partial charge in [0, 0.05) is 12.6 Å². The van der Waals surface area contributed by atoms with E-state index < -0.39 is 11.4 Å². The molecule has 0 heterocycles. The van der Waals surface area contributed by atoms with Crippen molar-refractivity contribution in [1.82, 2.24) is 4.90 Å². The lowest BCUT2D eigenvalue weighted by Gasteiger charge is -2.27. The third-order valence-corrected chi connectivity index (χ3v) is 3.16. The maximum Gasteiger partial charge on any atom is 0.410 e. The van der Waals surface area contributed by atoms with E-state index in [4.69, 9.17) is 11.2 Å². The quantitative estimate of drug-likeness (QED) is 0.794. The molecule has 4 heteroatoms. The van der Waals surface area contributed by atoms with Crippen LogP contribution in [0.2, 0.25) is 0 Å². The molecule has 1 amide bonds. The van der Waals surface area contributed by atoms with E-state index >= 15 is 0 Å². The molecule has 0 spiro atoms. The van der Waals surface area contributed by atoms with Crippen LogP contribution >= 0.6 is 0 Å². The zero-order chi connectivity index (χ0) is 15.6. The van der Waals surface area contributed by atoms with Crippen molar-refractivity contribution >= 4 is 6.09 Å². The topological polar surface area (TPSA) is 29.5 Å². The van der Waals surface area contributed by atoms with Gasteiger partial charge in [-0.1, -0.05) is 12.0 Å². The summed E-state index contributed by atoms with van der Waals surface area (Å²) in [6, 6.07) is 4.88. The molecule has 1 aromatic rings. The standard InChI is InChI=1S/C17H20FNO2/c1-5-13-7-6-12(10-15(13)18)11-19(14-8-9-14)16(20)21-17(2,3)4/h1,6-7,10,14H,8-9,11H2,2-4H3. The Hall–Kier alpha value is -2.02. The molecule has 0 N–H and O–H groups in total. The fourth-order valence-corrected chi connectivity index (χ4v) is 2.02. The number of nitrogens with zero attached hydrogens (tertiary/aromatic N) is 1. The lowest BCUT2D eigenvalue weighted by Crippen LogP contribution is -2.37. The van der Waals surface area contributed by atoms with E-state index in [0.29, 0.717) is 12.1 Å². The molecule has 0 aromatic heterocycles. The lowest BCUT2D eigenvalue weighted by molar-refractivity contribution is 0.0216. The molecule has 1 fully saturated rings. The van der Waals surface area contributed by atoms with E-state index in [1.54, 1.807) is 17.0 Å². The second-order valence-corrected chi connectivity index (χ2v) is 6.30. The summed E-state index contributed by atoms with van der Waals surface area (Å²) in [5, 5.41) is 0. The first-order valence-corrected chi connectivity index (χ1v) is 7.05. The molecule has 112 valence electrons. The van der Waals surface area contributed by atoms with Gasteiger partial charge in [0.25, 0.3) is 0 Å². The molecule has 1 aromatic carbocycles. The molecule has 0 aliphatic heterocycles. The molecule has 0 atom stereocenters. The summed E-state index contributed by atoms with van der Waals surface area (Å²) in [5.41, 5.74) is 0.404. The molecular formula is C17H20FNO2. The Balaban J connectivity index is 2.12. The molecule has 0 radical (unpaired) electrons. The summed E-state index contributed by atoms with van der Waals surface area (Å²) >= 11 is 0. The lowest BCUT2D eigenvalue weighted by atomic mass is 10.1. The van der Waals surface area contributed by atoms with Crippen LogP contribution in [-0.4, -0.2) is 22.6 Å². The summed E-state index contributed by atoms with van der Waals surface area (Å²) < 4.78 is 19.1. The van der Waals surface area contributed by atoms with Gasteiger partial charge in [-0.3, -0.25) is 0 Å². The van der Waals surface area contributed by atoms with Crippen molar-refractivity contribution in [2.45, 2.75) is 51.8 Å². The minimum absolute atomic E-state index is 0.190. The SMILES string of the molecule is C#Cc1ccc(CN(C(=O)OC(C)(C)C)C2CC2)cc1F. The number of amides is 1. The average molecular weight is 289 g/mol. The minimum Gasteiger partial charge on any atom is -0.444 e. The average Bonchev–Trinajstić information content (AvgIpc) is 3.18. The van der Waals surface area contributed by atoms with E-state index in [2.05, 4.69) is 5.92 Å². The summed E-state index contributed by atoms with van der Waals surface area (Å²) in [6.45, 7) is 5.83. The van der Waals surface area contributed by atoms with Gasteiger partial charge in [0.2, 0.25) is 0 Å². The number of benzene rings is 1. The maximum atomic E-state index is 13.7. The number of ether oxygens (including phenoxy) is 1. The van der Waals surface area contributed by atoms with Crippen LogP contribution in [0.5, 0.6) is 0 Å². The van der Waals surface area contributed by atoms with Crippen LogP contribution < -0.4 is 0 Å². The molecule has 3 nitrogen and oxygen atoms in total. The van der Waals surface area contributed by atoms with Gasteiger partial charge in [-0.2, -0.15) is 0 Å². The third kappa shape index (κ3) is 4.22. The molecule has 2 rings (SSSR count). The van der Waals surface area contributed by atoms with Crippen LogP contribution in [0.25, 0.3) is 0 Å². The summed E-state index contributed by atoms with van der Waals surface area (Å²) in [4.78, 5) is 13.9. The van der Waals surface area contributed by atoms with Gasteiger partial charge in [0.15, 0.2) is 0 Å². The van der Waals surface area contributed by atoms with E-state index in [0.717, 1.165) is 12.8 Å². The van der Waals surface area contributed by atoms with Crippen molar-refractivity contribution in [1.29, 1.82) is 0 Å². The number of carbonyl (C=O) groups excluding carboxylic acids is 1. The Kier molecular flexibility index (Phi) is 4.22. The van der Waals surface area contributed by atoms with Gasteiger partial charge < -0.3 is 9.64 Å². The van der Waals surface area contributed by atoms with E-state index in [-0.39, 0.29) is 17.7 Å².